The second kappa shape index (κ2) is 5.98. The molecule has 5 nitrogen and oxygen atoms in total. The van der Waals surface area contributed by atoms with Gasteiger partial charge in [-0.05, 0) is 36.8 Å². The number of nitrogens with one attached hydrogen (secondary N) is 1. The largest absolute Gasteiger partial charge is 0.463 e. The van der Waals surface area contributed by atoms with Crippen molar-refractivity contribution in [2.75, 3.05) is 5.32 Å². The van der Waals surface area contributed by atoms with E-state index in [0.717, 1.165) is 15.8 Å². The van der Waals surface area contributed by atoms with E-state index in [4.69, 9.17) is 16.0 Å². The molecular weight excluding hydrogens is 360 g/mol. The van der Waals surface area contributed by atoms with Crippen molar-refractivity contribution >= 4 is 55.2 Å². The lowest BCUT2D eigenvalue weighted by molar-refractivity contribution is 0.102. The number of nitrogens with zero attached hydrogens (tertiary/aromatic N) is 1. The third-order valence-electron chi connectivity index (χ3n) is 3.80. The van der Waals surface area contributed by atoms with Crippen molar-refractivity contribution < 1.29 is 9.21 Å². The number of hydrogen-bond acceptors (Lipinski definition) is 5. The van der Waals surface area contributed by atoms with Crippen LogP contribution in [0.1, 0.15) is 15.9 Å². The number of hydrogen-bond donors (Lipinski definition) is 1. The first-order valence-corrected chi connectivity index (χ1v) is 8.61. The van der Waals surface area contributed by atoms with Crippen LogP contribution in [0.3, 0.4) is 0 Å². The van der Waals surface area contributed by atoms with Crippen LogP contribution in [0.15, 0.2) is 51.9 Å². The van der Waals surface area contributed by atoms with E-state index in [9.17, 15) is 9.59 Å². The minimum absolute atomic E-state index is 0.0623. The molecule has 0 aliphatic carbocycles. The molecule has 25 heavy (non-hydrogen) atoms. The van der Waals surface area contributed by atoms with Crippen LogP contribution in [0.5, 0.6) is 0 Å². The highest BCUT2D eigenvalue weighted by atomic mass is 35.5. The van der Waals surface area contributed by atoms with E-state index in [1.807, 2.05) is 13.0 Å². The van der Waals surface area contributed by atoms with Crippen molar-refractivity contribution in [1.29, 1.82) is 0 Å². The Morgan fingerprint density at radius 2 is 2.08 bits per heavy atom. The summed E-state index contributed by atoms with van der Waals surface area (Å²) in [6, 6.07) is 10.4. The van der Waals surface area contributed by atoms with Gasteiger partial charge in [0.2, 0.25) is 5.43 Å². The molecule has 0 atom stereocenters. The summed E-state index contributed by atoms with van der Waals surface area (Å²) in [5.41, 5.74) is 1.70. The molecule has 4 aromatic rings. The van der Waals surface area contributed by atoms with Gasteiger partial charge in [0, 0.05) is 5.02 Å². The minimum Gasteiger partial charge on any atom is -0.463 e. The molecule has 0 bridgehead atoms. The summed E-state index contributed by atoms with van der Waals surface area (Å²) >= 11 is 7.35. The summed E-state index contributed by atoms with van der Waals surface area (Å²) in [6.07, 6.45) is 1.18. The first-order chi connectivity index (χ1) is 12.0. The Morgan fingerprint density at radius 3 is 2.92 bits per heavy atom. The van der Waals surface area contributed by atoms with Gasteiger partial charge < -0.3 is 4.42 Å². The van der Waals surface area contributed by atoms with Crippen LogP contribution in [-0.2, 0) is 0 Å². The smallest absolute Gasteiger partial charge is 0.264 e. The lowest BCUT2D eigenvalue weighted by atomic mass is 10.1. The van der Waals surface area contributed by atoms with Crippen molar-refractivity contribution in [3.8, 4) is 0 Å². The average Bonchev–Trinajstić information content (AvgIpc) is 2.98. The molecule has 0 spiro atoms. The maximum absolute atomic E-state index is 12.5. The molecule has 124 valence electrons. The Bertz CT molecular complexity index is 1200. The van der Waals surface area contributed by atoms with Crippen LogP contribution in [0.25, 0.3) is 21.2 Å². The van der Waals surface area contributed by atoms with E-state index in [0.29, 0.717) is 21.1 Å². The van der Waals surface area contributed by atoms with Gasteiger partial charge in [0.25, 0.3) is 5.91 Å². The van der Waals surface area contributed by atoms with Crippen LogP contribution in [0.4, 0.5) is 5.13 Å². The van der Waals surface area contributed by atoms with Gasteiger partial charge in [0.05, 0.1) is 15.6 Å². The van der Waals surface area contributed by atoms with Crippen LogP contribution in [-0.4, -0.2) is 10.9 Å². The molecule has 1 N–H and O–H groups in total. The first kappa shape index (κ1) is 15.8. The normalized spacial score (nSPS) is 11.1. The molecule has 7 heteroatoms. The predicted octanol–water partition coefficient (Wildman–Crippen LogP) is 4.62. The molecule has 0 aliphatic rings. The standard InChI is InChI=1S/C18H11ClN2O3S/c1-9-6-10(19)7-14-15(9)20-18(25-14)21-17(23)12-8-24-13-5-3-2-4-11(13)16(12)22/h2-8H,1H3,(H,20,21,23). The number of benzene rings is 2. The van der Waals surface area contributed by atoms with Gasteiger partial charge in [-0.25, -0.2) is 4.98 Å². The van der Waals surface area contributed by atoms with Crippen molar-refractivity contribution in [3.05, 3.63) is 69.0 Å². The molecular formula is C18H11ClN2O3S. The van der Waals surface area contributed by atoms with Crippen LogP contribution < -0.4 is 10.7 Å². The predicted molar refractivity (Wildman–Crippen MR) is 99.8 cm³/mol. The third kappa shape index (κ3) is 2.79. The van der Waals surface area contributed by atoms with E-state index in [1.54, 1.807) is 30.3 Å². The van der Waals surface area contributed by atoms with Gasteiger partial charge in [-0.1, -0.05) is 35.1 Å². The lowest BCUT2D eigenvalue weighted by Gasteiger charge is -2.02. The summed E-state index contributed by atoms with van der Waals surface area (Å²) < 4.78 is 6.25. The molecule has 2 aromatic carbocycles. The third-order valence-corrected chi connectivity index (χ3v) is 4.93. The van der Waals surface area contributed by atoms with Gasteiger partial charge in [0.1, 0.15) is 17.4 Å². The van der Waals surface area contributed by atoms with Crippen molar-refractivity contribution in [2.24, 2.45) is 0 Å². The minimum atomic E-state index is -0.553. The number of aryl methyl sites for hydroxylation is 1. The summed E-state index contributed by atoms with van der Waals surface area (Å²) in [7, 11) is 0. The zero-order chi connectivity index (χ0) is 17.6. The summed E-state index contributed by atoms with van der Waals surface area (Å²) in [4.78, 5) is 29.4. The van der Waals surface area contributed by atoms with Crippen LogP contribution >= 0.6 is 22.9 Å². The monoisotopic (exact) mass is 370 g/mol. The molecule has 0 unspecified atom stereocenters. The van der Waals surface area contributed by atoms with Crippen LogP contribution in [0.2, 0.25) is 5.02 Å². The van der Waals surface area contributed by atoms with Gasteiger partial charge >= 0.3 is 0 Å². The van der Waals surface area contributed by atoms with E-state index >= 15 is 0 Å². The number of carbonyl (C=O) groups is 1. The zero-order valence-electron chi connectivity index (χ0n) is 13.0. The highest BCUT2D eigenvalue weighted by molar-refractivity contribution is 7.22. The van der Waals surface area contributed by atoms with Crippen molar-refractivity contribution in [1.82, 2.24) is 4.98 Å². The number of halogens is 1. The SMILES string of the molecule is Cc1cc(Cl)cc2sc(NC(=O)c3coc4ccccc4c3=O)nc12. The maximum atomic E-state index is 12.5. The van der Waals surface area contributed by atoms with Crippen molar-refractivity contribution in [2.45, 2.75) is 6.92 Å². The van der Waals surface area contributed by atoms with Crippen molar-refractivity contribution in [3.63, 3.8) is 0 Å². The molecule has 0 saturated heterocycles. The fraction of sp³-hybridized carbons (Fsp3) is 0.0556. The Labute approximate surface area is 150 Å². The second-order valence-electron chi connectivity index (χ2n) is 5.52. The maximum Gasteiger partial charge on any atom is 0.264 e. The van der Waals surface area contributed by atoms with E-state index in [1.165, 1.54) is 17.6 Å². The molecule has 2 aromatic heterocycles. The second-order valence-corrected chi connectivity index (χ2v) is 6.98. The number of aromatic nitrogens is 1. The Hall–Kier alpha value is -2.70. The van der Waals surface area contributed by atoms with E-state index in [-0.39, 0.29) is 11.0 Å². The fourth-order valence-corrected chi connectivity index (χ4v) is 3.92. The van der Waals surface area contributed by atoms with E-state index < -0.39 is 5.91 Å². The highest BCUT2D eigenvalue weighted by Crippen LogP contribution is 2.31. The van der Waals surface area contributed by atoms with E-state index in [2.05, 4.69) is 10.3 Å². The summed E-state index contributed by atoms with van der Waals surface area (Å²) in [5, 5.41) is 4.04. The Morgan fingerprint density at radius 1 is 1.28 bits per heavy atom. The number of anilines is 1. The van der Waals surface area contributed by atoms with Gasteiger partial charge in [-0.3, -0.25) is 14.9 Å². The van der Waals surface area contributed by atoms with Crippen LogP contribution in [0, 0.1) is 6.92 Å². The number of fused-ring (bicyclic) bond motifs is 2. The van der Waals surface area contributed by atoms with Gasteiger partial charge in [0.15, 0.2) is 5.13 Å². The molecule has 2 heterocycles. The number of thiazole rings is 1. The average molecular weight is 371 g/mol. The highest BCUT2D eigenvalue weighted by Gasteiger charge is 2.16. The zero-order valence-corrected chi connectivity index (χ0v) is 14.6. The van der Waals surface area contributed by atoms with Gasteiger partial charge in [-0.2, -0.15) is 0 Å². The summed E-state index contributed by atoms with van der Waals surface area (Å²) in [5.74, 6) is -0.553. The Balaban J connectivity index is 1.72. The number of carbonyl (C=O) groups excluding carboxylic acids is 1. The number of amides is 1. The number of rotatable bonds is 2. The number of para-hydroxylation sites is 1. The topological polar surface area (TPSA) is 72.2 Å². The molecule has 4 rings (SSSR count). The fourth-order valence-electron chi connectivity index (χ4n) is 2.61. The first-order valence-electron chi connectivity index (χ1n) is 7.41. The molecule has 0 fully saturated rings. The molecule has 0 aliphatic heterocycles. The molecule has 0 radical (unpaired) electrons. The Kier molecular flexibility index (Phi) is 3.78. The molecule has 1 amide bonds. The van der Waals surface area contributed by atoms with Gasteiger partial charge in [-0.15, -0.1) is 0 Å². The quantitative estimate of drug-likeness (QED) is 0.559. The summed E-state index contributed by atoms with van der Waals surface area (Å²) in [6.45, 7) is 1.90. The molecule has 0 saturated carbocycles. The lowest BCUT2D eigenvalue weighted by Crippen LogP contribution is -2.21.